The van der Waals surface area contributed by atoms with Gasteiger partial charge in [0.05, 0.1) is 6.54 Å². The van der Waals surface area contributed by atoms with Crippen LogP contribution in [0.4, 0.5) is 0 Å². The van der Waals surface area contributed by atoms with Crippen LogP contribution in [0.2, 0.25) is 0 Å². The summed E-state index contributed by atoms with van der Waals surface area (Å²) in [5.41, 5.74) is 5.38. The molecule has 2 fully saturated rings. The molecule has 0 aromatic heterocycles. The van der Waals surface area contributed by atoms with E-state index in [1.807, 2.05) is 4.90 Å². The van der Waals surface area contributed by atoms with Crippen molar-refractivity contribution in [1.29, 1.82) is 0 Å². The van der Waals surface area contributed by atoms with Crippen molar-refractivity contribution < 1.29 is 9.59 Å². The zero-order valence-corrected chi connectivity index (χ0v) is 12.2. The molecule has 0 bridgehead atoms. The summed E-state index contributed by atoms with van der Waals surface area (Å²) in [4.78, 5) is 25.4. The quantitative estimate of drug-likeness (QED) is 0.645. The van der Waals surface area contributed by atoms with Crippen molar-refractivity contribution >= 4 is 11.8 Å². The molecule has 1 saturated carbocycles. The molecule has 1 saturated heterocycles. The highest BCUT2D eigenvalue weighted by Crippen LogP contribution is 2.23. The van der Waals surface area contributed by atoms with Gasteiger partial charge in [0.15, 0.2) is 0 Å². The number of nitrogens with two attached hydrogens (primary N) is 1. The van der Waals surface area contributed by atoms with Gasteiger partial charge < -0.3 is 16.4 Å². The molecule has 2 rings (SSSR count). The maximum Gasteiger partial charge on any atom is 0.236 e. The van der Waals surface area contributed by atoms with Gasteiger partial charge in [-0.1, -0.05) is 6.92 Å². The first-order chi connectivity index (χ1) is 9.56. The number of primary amides is 1. The van der Waals surface area contributed by atoms with E-state index in [-0.39, 0.29) is 24.4 Å². The fourth-order valence-corrected chi connectivity index (χ4v) is 3.08. The highest BCUT2D eigenvalue weighted by atomic mass is 16.2. The molecule has 4 N–H and O–H groups in total. The van der Waals surface area contributed by atoms with Gasteiger partial charge in [-0.25, -0.2) is 0 Å². The second-order valence-corrected chi connectivity index (χ2v) is 6.12. The number of nitrogens with zero attached hydrogens (tertiary/aromatic N) is 1. The maximum atomic E-state index is 12.1. The predicted octanol–water partition coefficient (Wildman–Crippen LogP) is -0.560. The van der Waals surface area contributed by atoms with Gasteiger partial charge in [-0.2, -0.15) is 0 Å². The second-order valence-electron chi connectivity index (χ2n) is 6.12. The zero-order chi connectivity index (χ0) is 14.5. The molecule has 1 unspecified atom stereocenters. The van der Waals surface area contributed by atoms with Gasteiger partial charge in [-0.3, -0.25) is 14.5 Å². The zero-order valence-electron chi connectivity index (χ0n) is 12.2. The normalized spacial score (nSPS) is 31.8. The van der Waals surface area contributed by atoms with Crippen LogP contribution in [0.3, 0.4) is 0 Å². The van der Waals surface area contributed by atoms with Crippen molar-refractivity contribution in [3.63, 3.8) is 0 Å². The van der Waals surface area contributed by atoms with Crippen LogP contribution in [-0.4, -0.2) is 55.0 Å². The van der Waals surface area contributed by atoms with Crippen LogP contribution in [0.1, 0.15) is 32.6 Å². The third kappa shape index (κ3) is 4.18. The third-order valence-electron chi connectivity index (χ3n) is 4.41. The fraction of sp³-hybridized carbons (Fsp3) is 0.857. The SMILES string of the molecule is CC1CCC(NC(=O)CN2CCNCC2C(N)=O)CC1. The molecule has 20 heavy (non-hydrogen) atoms. The molecule has 2 amide bonds. The van der Waals surface area contributed by atoms with Gasteiger partial charge in [-0.15, -0.1) is 0 Å². The Bertz CT molecular complexity index is 353. The third-order valence-corrected chi connectivity index (χ3v) is 4.41. The van der Waals surface area contributed by atoms with Gasteiger partial charge in [0.25, 0.3) is 0 Å². The van der Waals surface area contributed by atoms with Gasteiger partial charge in [0, 0.05) is 25.7 Å². The molecule has 1 heterocycles. The monoisotopic (exact) mass is 282 g/mol. The molecule has 1 aliphatic heterocycles. The number of hydrogen-bond acceptors (Lipinski definition) is 4. The first-order valence-corrected chi connectivity index (χ1v) is 7.59. The van der Waals surface area contributed by atoms with E-state index in [1.165, 1.54) is 12.8 Å². The van der Waals surface area contributed by atoms with E-state index >= 15 is 0 Å². The number of carbonyl (C=O) groups is 2. The van der Waals surface area contributed by atoms with E-state index < -0.39 is 0 Å². The minimum atomic E-state index is -0.374. The molecule has 0 aromatic carbocycles. The van der Waals surface area contributed by atoms with Crippen molar-refractivity contribution in [2.24, 2.45) is 11.7 Å². The van der Waals surface area contributed by atoms with Crippen LogP contribution in [0.5, 0.6) is 0 Å². The van der Waals surface area contributed by atoms with Crippen LogP contribution in [0.25, 0.3) is 0 Å². The lowest BCUT2D eigenvalue weighted by atomic mass is 9.87. The van der Waals surface area contributed by atoms with E-state index in [9.17, 15) is 9.59 Å². The standard InChI is InChI=1S/C14H26N4O2/c1-10-2-4-11(5-3-10)17-13(19)9-18-7-6-16-8-12(18)14(15)20/h10-12,16H,2-9H2,1H3,(H2,15,20)(H,17,19). The first kappa shape index (κ1) is 15.3. The van der Waals surface area contributed by atoms with E-state index in [4.69, 9.17) is 5.73 Å². The minimum absolute atomic E-state index is 0.0118. The Morgan fingerprint density at radius 2 is 2.00 bits per heavy atom. The first-order valence-electron chi connectivity index (χ1n) is 7.59. The Hall–Kier alpha value is -1.14. The Morgan fingerprint density at radius 3 is 2.65 bits per heavy atom. The van der Waals surface area contributed by atoms with Crippen molar-refractivity contribution in [3.8, 4) is 0 Å². The lowest BCUT2D eigenvalue weighted by Gasteiger charge is -2.34. The molecule has 0 radical (unpaired) electrons. The Labute approximate surface area is 120 Å². The molecule has 2 aliphatic rings. The summed E-state index contributed by atoms with van der Waals surface area (Å²) in [5, 5.41) is 6.22. The van der Waals surface area contributed by atoms with Gasteiger partial charge in [0.2, 0.25) is 11.8 Å². The van der Waals surface area contributed by atoms with E-state index in [1.54, 1.807) is 0 Å². The molecule has 0 spiro atoms. The van der Waals surface area contributed by atoms with Crippen molar-refractivity contribution in [3.05, 3.63) is 0 Å². The molecule has 6 nitrogen and oxygen atoms in total. The van der Waals surface area contributed by atoms with Crippen LogP contribution in [0, 0.1) is 5.92 Å². The number of rotatable bonds is 4. The van der Waals surface area contributed by atoms with Crippen molar-refractivity contribution in [2.75, 3.05) is 26.2 Å². The number of carbonyl (C=O) groups excluding carboxylic acids is 2. The van der Waals surface area contributed by atoms with E-state index in [0.29, 0.717) is 19.1 Å². The Kier molecular flexibility index (Phi) is 5.37. The lowest BCUT2D eigenvalue weighted by Crippen LogP contribution is -2.59. The summed E-state index contributed by atoms with van der Waals surface area (Å²) < 4.78 is 0. The van der Waals surface area contributed by atoms with Crippen LogP contribution >= 0.6 is 0 Å². The van der Waals surface area contributed by atoms with Gasteiger partial charge >= 0.3 is 0 Å². The molecule has 1 atom stereocenters. The fourth-order valence-electron chi connectivity index (χ4n) is 3.08. The number of nitrogens with one attached hydrogen (secondary N) is 2. The molecule has 1 aliphatic carbocycles. The lowest BCUT2D eigenvalue weighted by molar-refractivity contribution is -0.128. The van der Waals surface area contributed by atoms with Crippen molar-refractivity contribution in [1.82, 2.24) is 15.5 Å². The molecule has 114 valence electrons. The van der Waals surface area contributed by atoms with Crippen molar-refractivity contribution in [2.45, 2.75) is 44.7 Å². The molecule has 6 heteroatoms. The summed E-state index contributed by atoms with van der Waals surface area (Å²) in [6, 6.07) is -0.0745. The topological polar surface area (TPSA) is 87.5 Å². The highest BCUT2D eigenvalue weighted by Gasteiger charge is 2.29. The summed E-state index contributed by atoms with van der Waals surface area (Å²) in [6.45, 7) is 4.53. The average Bonchev–Trinajstić information content (AvgIpc) is 2.41. The maximum absolute atomic E-state index is 12.1. The summed E-state index contributed by atoms with van der Waals surface area (Å²) in [7, 11) is 0. The predicted molar refractivity (Wildman–Crippen MR) is 77.0 cm³/mol. The molecular weight excluding hydrogens is 256 g/mol. The summed E-state index contributed by atoms with van der Waals surface area (Å²) in [5.74, 6) is 0.421. The van der Waals surface area contributed by atoms with Crippen LogP contribution < -0.4 is 16.4 Å². The smallest absolute Gasteiger partial charge is 0.236 e. The minimum Gasteiger partial charge on any atom is -0.368 e. The highest BCUT2D eigenvalue weighted by molar-refractivity contribution is 5.82. The molecular formula is C14H26N4O2. The van der Waals surface area contributed by atoms with E-state index in [0.717, 1.165) is 25.3 Å². The number of hydrogen-bond donors (Lipinski definition) is 3. The summed E-state index contributed by atoms with van der Waals surface area (Å²) in [6.07, 6.45) is 4.49. The average molecular weight is 282 g/mol. The molecule has 0 aromatic rings. The largest absolute Gasteiger partial charge is 0.368 e. The van der Waals surface area contributed by atoms with Crippen LogP contribution in [-0.2, 0) is 9.59 Å². The number of piperazine rings is 1. The number of amides is 2. The van der Waals surface area contributed by atoms with E-state index in [2.05, 4.69) is 17.6 Å². The van der Waals surface area contributed by atoms with Gasteiger partial charge in [0.1, 0.15) is 6.04 Å². The Balaban J connectivity index is 1.79. The second kappa shape index (κ2) is 7.04. The summed E-state index contributed by atoms with van der Waals surface area (Å²) >= 11 is 0. The Morgan fingerprint density at radius 1 is 1.30 bits per heavy atom. The van der Waals surface area contributed by atoms with Gasteiger partial charge in [-0.05, 0) is 31.6 Å². The van der Waals surface area contributed by atoms with Crippen LogP contribution in [0.15, 0.2) is 0 Å².